The van der Waals surface area contributed by atoms with Crippen LogP contribution >= 0.6 is 7.92 Å². The summed E-state index contributed by atoms with van der Waals surface area (Å²) >= 11 is 0. The second kappa shape index (κ2) is 10.8. The minimum Gasteiger partial charge on any atom is -0.375 e. The zero-order valence-corrected chi connectivity index (χ0v) is 24.5. The van der Waals surface area contributed by atoms with Gasteiger partial charge in [-0.15, -0.1) is 0 Å². The molecule has 0 aromatic heterocycles. The standard InChI is InChI=1S/C32H28F3O5PS/c1-3-25-23-17-11-19-27(40-42(36,37)32(33,34)35)29(23)31(38-25)30-24(26(4-2)39-31)18-12-20-28(30)41(21-13-7-5-8-14-21)22-15-9-6-10-16-22/h5-20,25-26H,3-4H2,1-2H3/t25-,26-,31+/m0/s1. The molecular formula is C32H28F3O5PS. The molecule has 0 fully saturated rings. The van der Waals surface area contributed by atoms with Crippen LogP contribution < -0.4 is 20.1 Å². The van der Waals surface area contributed by atoms with Gasteiger partial charge in [-0.3, -0.25) is 0 Å². The third kappa shape index (κ3) is 4.63. The molecule has 2 aliphatic rings. The third-order valence-electron chi connectivity index (χ3n) is 7.60. The van der Waals surface area contributed by atoms with Crippen LogP contribution in [0.4, 0.5) is 13.2 Å². The highest BCUT2D eigenvalue weighted by atomic mass is 32.2. The lowest BCUT2D eigenvalue weighted by molar-refractivity contribution is -0.235. The van der Waals surface area contributed by atoms with E-state index in [2.05, 4.69) is 24.3 Å². The molecular weight excluding hydrogens is 584 g/mol. The summed E-state index contributed by atoms with van der Waals surface area (Å²) in [6.07, 6.45) is 0.0348. The van der Waals surface area contributed by atoms with Gasteiger partial charge in [-0.25, -0.2) is 0 Å². The fourth-order valence-corrected chi connectivity index (χ4v) is 8.88. The van der Waals surface area contributed by atoms with Crippen LogP contribution in [0.15, 0.2) is 97.1 Å². The van der Waals surface area contributed by atoms with Crippen molar-refractivity contribution in [2.24, 2.45) is 0 Å². The SMILES string of the molecule is CC[C@@H]1O[C@@]2(O[C@@H](CC)c3cccc(P(c4ccccc4)c4ccccc4)c32)c2c(OS(=O)(=O)C(F)(F)F)cccc21. The molecule has 0 radical (unpaired) electrons. The summed E-state index contributed by atoms with van der Waals surface area (Å²) in [6.45, 7) is 3.86. The molecule has 2 aliphatic heterocycles. The van der Waals surface area contributed by atoms with E-state index >= 15 is 0 Å². The predicted octanol–water partition coefficient (Wildman–Crippen LogP) is 6.84. The van der Waals surface area contributed by atoms with Crippen LogP contribution in [0.3, 0.4) is 0 Å². The van der Waals surface area contributed by atoms with E-state index in [1.165, 1.54) is 12.1 Å². The van der Waals surface area contributed by atoms with E-state index in [4.69, 9.17) is 13.7 Å². The van der Waals surface area contributed by atoms with Crippen LogP contribution in [0.2, 0.25) is 0 Å². The van der Waals surface area contributed by atoms with E-state index in [1.54, 1.807) is 6.07 Å². The molecule has 6 rings (SSSR count). The topological polar surface area (TPSA) is 61.8 Å². The quantitative estimate of drug-likeness (QED) is 0.130. The number of alkyl halides is 3. The average molecular weight is 613 g/mol. The van der Waals surface area contributed by atoms with Crippen molar-refractivity contribution in [3.63, 3.8) is 0 Å². The summed E-state index contributed by atoms with van der Waals surface area (Å²) in [5.41, 5.74) is -3.37. The van der Waals surface area contributed by atoms with Gasteiger partial charge in [0.2, 0.25) is 5.79 Å². The fourth-order valence-electron chi connectivity index (χ4n) is 5.88. The highest BCUT2D eigenvalue weighted by molar-refractivity contribution is 7.88. The van der Waals surface area contributed by atoms with Gasteiger partial charge in [0.25, 0.3) is 0 Å². The lowest BCUT2D eigenvalue weighted by Crippen LogP contribution is -2.35. The first kappa shape index (κ1) is 28.9. The Morgan fingerprint density at radius 2 is 1.24 bits per heavy atom. The van der Waals surface area contributed by atoms with Gasteiger partial charge in [-0.1, -0.05) is 105 Å². The van der Waals surface area contributed by atoms with E-state index in [0.717, 1.165) is 21.5 Å². The van der Waals surface area contributed by atoms with Crippen molar-refractivity contribution in [3.8, 4) is 5.75 Å². The maximum Gasteiger partial charge on any atom is 0.534 e. The van der Waals surface area contributed by atoms with Crippen molar-refractivity contribution in [1.29, 1.82) is 0 Å². The Bertz CT molecular complexity index is 1670. The van der Waals surface area contributed by atoms with Crippen molar-refractivity contribution < 1.29 is 35.2 Å². The lowest BCUT2D eigenvalue weighted by atomic mass is 9.91. The molecule has 42 heavy (non-hydrogen) atoms. The molecule has 0 aliphatic carbocycles. The highest BCUT2D eigenvalue weighted by Gasteiger charge is 2.58. The third-order valence-corrected chi connectivity index (χ3v) is 11.0. The number of rotatable bonds is 7. The lowest BCUT2D eigenvalue weighted by Gasteiger charge is -2.31. The molecule has 2 heterocycles. The van der Waals surface area contributed by atoms with E-state index in [1.807, 2.05) is 68.4 Å². The normalized spacial score (nSPS) is 21.5. The Morgan fingerprint density at radius 3 is 1.74 bits per heavy atom. The van der Waals surface area contributed by atoms with Crippen molar-refractivity contribution in [2.45, 2.75) is 50.2 Å². The van der Waals surface area contributed by atoms with Crippen molar-refractivity contribution in [3.05, 3.63) is 119 Å². The van der Waals surface area contributed by atoms with E-state index < -0.39 is 47.3 Å². The molecule has 0 bridgehead atoms. The summed E-state index contributed by atoms with van der Waals surface area (Å²) in [6, 6.07) is 30.4. The van der Waals surface area contributed by atoms with Crippen LogP contribution in [-0.2, 0) is 25.4 Å². The Morgan fingerprint density at radius 1 is 0.738 bits per heavy atom. The summed E-state index contributed by atoms with van der Waals surface area (Å²) in [7, 11) is -7.14. The Hall–Kier alpha value is -3.23. The molecule has 1 spiro atoms. The second-order valence-corrected chi connectivity index (χ2v) is 13.8. The van der Waals surface area contributed by atoms with E-state index in [-0.39, 0.29) is 5.56 Å². The first-order valence-electron chi connectivity index (χ1n) is 13.6. The van der Waals surface area contributed by atoms with Crippen LogP contribution in [0.5, 0.6) is 5.75 Å². The summed E-state index contributed by atoms with van der Waals surface area (Å²) in [5, 5.41) is 3.04. The first-order chi connectivity index (χ1) is 20.1. The Kier molecular flexibility index (Phi) is 7.42. The molecule has 0 saturated heterocycles. The van der Waals surface area contributed by atoms with Crippen molar-refractivity contribution in [1.82, 2.24) is 0 Å². The van der Waals surface area contributed by atoms with Crippen LogP contribution in [0.1, 0.15) is 61.2 Å². The van der Waals surface area contributed by atoms with Crippen LogP contribution in [0.25, 0.3) is 0 Å². The number of benzene rings is 4. The molecule has 10 heteroatoms. The zero-order valence-electron chi connectivity index (χ0n) is 22.8. The van der Waals surface area contributed by atoms with Crippen LogP contribution in [-0.4, -0.2) is 13.9 Å². The van der Waals surface area contributed by atoms with Crippen LogP contribution in [0, 0.1) is 0 Å². The number of fused-ring (bicyclic) bond motifs is 4. The molecule has 0 N–H and O–H groups in total. The van der Waals surface area contributed by atoms with Crippen molar-refractivity contribution in [2.75, 3.05) is 0 Å². The van der Waals surface area contributed by atoms with Gasteiger partial charge in [-0.05, 0) is 53.9 Å². The van der Waals surface area contributed by atoms with Gasteiger partial charge < -0.3 is 13.7 Å². The maximum atomic E-state index is 13.5. The van der Waals surface area contributed by atoms with Gasteiger partial charge >= 0.3 is 15.6 Å². The summed E-state index contributed by atoms with van der Waals surface area (Å²) in [4.78, 5) is 0. The molecule has 5 nitrogen and oxygen atoms in total. The van der Waals surface area contributed by atoms with E-state index in [9.17, 15) is 21.6 Å². The summed E-state index contributed by atoms with van der Waals surface area (Å²) in [5.74, 6) is -2.13. The predicted molar refractivity (Wildman–Crippen MR) is 156 cm³/mol. The van der Waals surface area contributed by atoms with Crippen molar-refractivity contribution >= 4 is 34.0 Å². The minimum absolute atomic E-state index is 0.158. The van der Waals surface area contributed by atoms with Gasteiger partial charge in [0.15, 0.2) is 5.75 Å². The molecule has 4 aromatic rings. The molecule has 0 saturated carbocycles. The molecule has 3 atom stereocenters. The van der Waals surface area contributed by atoms with E-state index in [0.29, 0.717) is 24.0 Å². The minimum atomic E-state index is -5.96. The van der Waals surface area contributed by atoms with Gasteiger partial charge in [0.05, 0.1) is 17.8 Å². The Balaban J connectivity index is 1.65. The smallest absolute Gasteiger partial charge is 0.375 e. The average Bonchev–Trinajstić information content (AvgIpc) is 3.49. The molecule has 0 amide bonds. The number of hydrogen-bond acceptors (Lipinski definition) is 5. The van der Waals surface area contributed by atoms with Gasteiger partial charge in [0.1, 0.15) is 0 Å². The number of ether oxygens (including phenoxy) is 2. The Labute approximate surface area is 244 Å². The fraction of sp³-hybridized carbons (Fsp3) is 0.250. The van der Waals surface area contributed by atoms with Gasteiger partial charge in [0, 0.05) is 5.56 Å². The monoisotopic (exact) mass is 612 g/mol. The number of hydrogen-bond donors (Lipinski definition) is 0. The zero-order chi connectivity index (χ0) is 29.7. The molecule has 218 valence electrons. The second-order valence-electron chi connectivity index (χ2n) is 10.1. The summed E-state index contributed by atoms with van der Waals surface area (Å²) < 4.78 is 83.3. The first-order valence-corrected chi connectivity index (χ1v) is 16.4. The largest absolute Gasteiger partial charge is 0.534 e. The molecule has 4 aromatic carbocycles. The highest BCUT2D eigenvalue weighted by Crippen LogP contribution is 2.60. The number of halogens is 3. The maximum absolute atomic E-state index is 13.5. The molecule has 0 unspecified atom stereocenters. The van der Waals surface area contributed by atoms with Gasteiger partial charge in [-0.2, -0.15) is 21.6 Å².